The van der Waals surface area contributed by atoms with E-state index in [2.05, 4.69) is 22.2 Å². The summed E-state index contributed by atoms with van der Waals surface area (Å²) < 4.78 is 5.58. The first-order valence-electron chi connectivity index (χ1n) is 9.43. The summed E-state index contributed by atoms with van der Waals surface area (Å²) >= 11 is 3.34. The van der Waals surface area contributed by atoms with Crippen LogP contribution < -0.4 is 5.32 Å². The second-order valence-corrected chi connectivity index (χ2v) is 9.76. The third-order valence-corrected chi connectivity index (χ3v) is 7.51. The number of carbonyl (C=O) groups excluding carboxylic acids is 1. The summed E-state index contributed by atoms with van der Waals surface area (Å²) in [4.78, 5) is 24.0. The summed E-state index contributed by atoms with van der Waals surface area (Å²) in [5.41, 5.74) is 1.41. The molecule has 5 nitrogen and oxygen atoms in total. The Bertz CT molecular complexity index is 801. The Morgan fingerprint density at radius 3 is 3.15 bits per heavy atom. The van der Waals surface area contributed by atoms with E-state index >= 15 is 0 Å². The molecule has 140 valence electrons. The van der Waals surface area contributed by atoms with Gasteiger partial charge in [-0.05, 0) is 50.5 Å². The number of hydrogen-bond donors (Lipinski definition) is 1. The second kappa shape index (κ2) is 7.82. The first-order valence-corrected chi connectivity index (χ1v) is 11.1. The zero-order chi connectivity index (χ0) is 18.1. The van der Waals surface area contributed by atoms with E-state index in [1.807, 2.05) is 6.92 Å². The van der Waals surface area contributed by atoms with Crippen molar-refractivity contribution in [2.75, 3.05) is 13.2 Å². The third kappa shape index (κ3) is 3.75. The van der Waals surface area contributed by atoms with Crippen molar-refractivity contribution in [2.24, 2.45) is 5.92 Å². The molecular weight excluding hydrogens is 366 g/mol. The lowest BCUT2D eigenvalue weighted by Gasteiger charge is -2.18. The van der Waals surface area contributed by atoms with Gasteiger partial charge in [0.25, 0.3) is 0 Å². The first-order chi connectivity index (χ1) is 12.6. The van der Waals surface area contributed by atoms with Crippen LogP contribution in [0.2, 0.25) is 0 Å². The summed E-state index contributed by atoms with van der Waals surface area (Å²) in [5.74, 6) is 0.789. The molecule has 0 aromatic carbocycles. The average Bonchev–Trinajstić information content (AvgIpc) is 3.26. The number of nitrogens with zero attached hydrogens (tertiary/aromatic N) is 2. The summed E-state index contributed by atoms with van der Waals surface area (Å²) in [6.45, 7) is 5.68. The first kappa shape index (κ1) is 18.2. The molecule has 0 bridgehead atoms. The second-order valence-electron chi connectivity index (χ2n) is 7.35. The van der Waals surface area contributed by atoms with Crippen LogP contribution in [0.5, 0.6) is 0 Å². The molecule has 4 rings (SSSR count). The van der Waals surface area contributed by atoms with Crippen molar-refractivity contribution in [3.05, 3.63) is 16.8 Å². The van der Waals surface area contributed by atoms with Crippen LogP contribution in [-0.4, -0.2) is 40.4 Å². The summed E-state index contributed by atoms with van der Waals surface area (Å²) in [7, 11) is 0. The van der Waals surface area contributed by atoms with E-state index in [-0.39, 0.29) is 17.3 Å². The van der Waals surface area contributed by atoms with E-state index in [1.54, 1.807) is 29.4 Å². The van der Waals surface area contributed by atoms with E-state index in [4.69, 9.17) is 4.74 Å². The highest BCUT2D eigenvalue weighted by Gasteiger charge is 2.25. The van der Waals surface area contributed by atoms with Crippen molar-refractivity contribution in [1.82, 2.24) is 15.3 Å². The molecule has 0 radical (unpaired) electrons. The Labute approximate surface area is 162 Å². The topological polar surface area (TPSA) is 64.1 Å². The maximum atomic E-state index is 12.5. The van der Waals surface area contributed by atoms with Gasteiger partial charge in [-0.15, -0.1) is 11.3 Å². The average molecular weight is 392 g/mol. The number of amides is 1. The lowest BCUT2D eigenvalue weighted by atomic mass is 9.89. The van der Waals surface area contributed by atoms with Gasteiger partial charge in [0, 0.05) is 23.4 Å². The zero-order valence-corrected chi connectivity index (χ0v) is 16.9. The molecule has 3 atom stereocenters. The third-order valence-electron chi connectivity index (χ3n) is 5.24. The van der Waals surface area contributed by atoms with E-state index < -0.39 is 0 Å². The fraction of sp³-hybridized carbons (Fsp3) is 0.632. The number of carbonyl (C=O) groups is 1. The number of aromatic nitrogens is 2. The minimum atomic E-state index is -0.187. The molecule has 2 aromatic heterocycles. The molecule has 1 aliphatic heterocycles. The monoisotopic (exact) mass is 391 g/mol. The van der Waals surface area contributed by atoms with Gasteiger partial charge in [-0.2, -0.15) is 0 Å². The summed E-state index contributed by atoms with van der Waals surface area (Å²) in [5, 5.41) is 4.97. The van der Waals surface area contributed by atoms with Crippen LogP contribution in [0.3, 0.4) is 0 Å². The Morgan fingerprint density at radius 2 is 2.35 bits per heavy atom. The Morgan fingerprint density at radius 1 is 1.46 bits per heavy atom. The number of fused-ring (bicyclic) bond motifs is 3. The van der Waals surface area contributed by atoms with E-state index in [1.165, 1.54) is 22.2 Å². The van der Waals surface area contributed by atoms with Crippen molar-refractivity contribution in [1.29, 1.82) is 0 Å². The molecule has 1 saturated heterocycles. The van der Waals surface area contributed by atoms with Gasteiger partial charge < -0.3 is 10.1 Å². The largest absolute Gasteiger partial charge is 0.376 e. The van der Waals surface area contributed by atoms with Crippen LogP contribution in [0.4, 0.5) is 0 Å². The number of hydrogen-bond acceptors (Lipinski definition) is 6. The van der Waals surface area contributed by atoms with Gasteiger partial charge in [-0.3, -0.25) is 4.79 Å². The van der Waals surface area contributed by atoms with Gasteiger partial charge in [0.05, 0.1) is 11.4 Å². The predicted molar refractivity (Wildman–Crippen MR) is 106 cm³/mol. The molecule has 2 aliphatic rings. The van der Waals surface area contributed by atoms with Crippen molar-refractivity contribution < 1.29 is 9.53 Å². The highest BCUT2D eigenvalue weighted by molar-refractivity contribution is 8.00. The van der Waals surface area contributed by atoms with Gasteiger partial charge >= 0.3 is 0 Å². The standard InChI is InChI=1S/C19H25N3O2S2/c1-11-5-6-14-15(8-11)26-19-16(14)18(21-10-22-19)25-12(2)17(23)20-9-13-4-3-7-24-13/h10-13H,3-9H2,1-2H3,(H,20,23)/t11-,12+,13-/m1/s1. The summed E-state index contributed by atoms with van der Waals surface area (Å²) in [6.07, 6.45) is 7.38. The smallest absolute Gasteiger partial charge is 0.233 e. The maximum absolute atomic E-state index is 12.5. The van der Waals surface area contributed by atoms with Gasteiger partial charge in [0.2, 0.25) is 5.91 Å². The Hall–Kier alpha value is -1.18. The zero-order valence-electron chi connectivity index (χ0n) is 15.3. The molecule has 1 fully saturated rings. The number of nitrogens with one attached hydrogen (secondary N) is 1. The highest BCUT2D eigenvalue weighted by Crippen LogP contribution is 2.41. The highest BCUT2D eigenvalue weighted by atomic mass is 32.2. The van der Waals surface area contributed by atoms with Crippen LogP contribution in [0.25, 0.3) is 10.2 Å². The van der Waals surface area contributed by atoms with Gasteiger partial charge in [-0.25, -0.2) is 9.97 Å². The van der Waals surface area contributed by atoms with Gasteiger partial charge in [0.1, 0.15) is 16.2 Å². The molecule has 7 heteroatoms. The molecule has 2 aromatic rings. The fourth-order valence-electron chi connectivity index (χ4n) is 3.72. The van der Waals surface area contributed by atoms with Crippen molar-refractivity contribution in [3.8, 4) is 0 Å². The fourth-order valence-corrected chi connectivity index (χ4v) is 6.11. The molecule has 0 spiro atoms. The molecule has 3 heterocycles. The minimum Gasteiger partial charge on any atom is -0.376 e. The van der Waals surface area contributed by atoms with Gasteiger partial charge in [0.15, 0.2) is 0 Å². The number of thioether (sulfide) groups is 1. The maximum Gasteiger partial charge on any atom is 0.233 e. The SMILES string of the molecule is C[C@@H]1CCc2c(sc3ncnc(S[C@@H](C)C(=O)NC[C@H]4CCCO4)c23)C1. The normalized spacial score (nSPS) is 23.8. The lowest BCUT2D eigenvalue weighted by Crippen LogP contribution is -2.36. The Balaban J connectivity index is 1.48. The quantitative estimate of drug-likeness (QED) is 0.623. The molecule has 1 N–H and O–H groups in total. The molecule has 0 saturated carbocycles. The lowest BCUT2D eigenvalue weighted by molar-refractivity contribution is -0.120. The van der Waals surface area contributed by atoms with E-state index in [0.29, 0.717) is 6.54 Å². The number of aryl methyl sites for hydroxylation is 1. The predicted octanol–water partition coefficient (Wildman–Crippen LogP) is 3.59. The van der Waals surface area contributed by atoms with Crippen molar-refractivity contribution >= 4 is 39.2 Å². The molecule has 1 aliphatic carbocycles. The number of rotatable bonds is 5. The van der Waals surface area contributed by atoms with E-state index in [0.717, 1.165) is 48.1 Å². The van der Waals surface area contributed by atoms with E-state index in [9.17, 15) is 4.79 Å². The van der Waals surface area contributed by atoms with Crippen LogP contribution in [-0.2, 0) is 22.4 Å². The number of thiophene rings is 1. The van der Waals surface area contributed by atoms with Crippen molar-refractivity contribution in [3.63, 3.8) is 0 Å². The molecule has 0 unspecified atom stereocenters. The van der Waals surface area contributed by atoms with Crippen LogP contribution in [0.15, 0.2) is 11.4 Å². The van der Waals surface area contributed by atoms with Crippen LogP contribution >= 0.6 is 23.1 Å². The van der Waals surface area contributed by atoms with Crippen LogP contribution in [0, 0.1) is 5.92 Å². The Kier molecular flexibility index (Phi) is 5.47. The molecule has 26 heavy (non-hydrogen) atoms. The molecular formula is C19H25N3O2S2. The van der Waals surface area contributed by atoms with Crippen LogP contribution in [0.1, 0.15) is 43.6 Å². The molecule has 1 amide bonds. The summed E-state index contributed by atoms with van der Waals surface area (Å²) in [6, 6.07) is 0. The minimum absolute atomic E-state index is 0.0509. The van der Waals surface area contributed by atoms with Crippen molar-refractivity contribution in [2.45, 2.75) is 62.3 Å². The van der Waals surface area contributed by atoms with Gasteiger partial charge in [-0.1, -0.05) is 18.7 Å². The number of ether oxygens (including phenoxy) is 1.